The second kappa shape index (κ2) is 7.14. The van der Waals surface area contributed by atoms with Crippen molar-refractivity contribution in [3.8, 4) is 5.69 Å². The van der Waals surface area contributed by atoms with Crippen LogP contribution in [0, 0.1) is 13.8 Å². The van der Waals surface area contributed by atoms with Crippen molar-refractivity contribution in [1.29, 1.82) is 0 Å². The van der Waals surface area contributed by atoms with Gasteiger partial charge in [-0.25, -0.2) is 17.7 Å². The number of benzene rings is 1. The van der Waals surface area contributed by atoms with Gasteiger partial charge in [-0.3, -0.25) is 4.79 Å². The fourth-order valence-corrected chi connectivity index (χ4v) is 2.90. The number of sulfonamides is 1. The molecule has 0 unspecified atom stereocenters. The molecule has 0 fully saturated rings. The molecule has 8 heteroatoms. The number of aromatic nitrogens is 2. The first-order valence-electron chi connectivity index (χ1n) is 7.52. The Morgan fingerprint density at radius 3 is 2.33 bits per heavy atom. The lowest BCUT2D eigenvalue weighted by molar-refractivity contribution is -0.115. The van der Waals surface area contributed by atoms with Gasteiger partial charge >= 0.3 is 0 Å². The number of amides is 1. The van der Waals surface area contributed by atoms with E-state index in [9.17, 15) is 13.2 Å². The van der Waals surface area contributed by atoms with Gasteiger partial charge in [0.1, 0.15) is 0 Å². The molecule has 2 rings (SSSR count). The fraction of sp³-hybridized carbons (Fsp3) is 0.375. The molecular weight excluding hydrogens is 328 g/mol. The average Bonchev–Trinajstić information content (AvgIpc) is 2.86. The molecule has 0 atom stereocenters. The van der Waals surface area contributed by atoms with Gasteiger partial charge in [-0.2, -0.15) is 0 Å². The third kappa shape index (κ3) is 4.21. The minimum absolute atomic E-state index is 0.0813. The van der Waals surface area contributed by atoms with Gasteiger partial charge in [0.05, 0.1) is 17.8 Å². The highest BCUT2D eigenvalue weighted by molar-refractivity contribution is 7.89. The molecule has 0 radical (unpaired) electrons. The number of aryl methyl sites for hydroxylation is 1. The van der Waals surface area contributed by atoms with Gasteiger partial charge in [0.25, 0.3) is 0 Å². The van der Waals surface area contributed by atoms with Crippen LogP contribution in [-0.4, -0.2) is 48.0 Å². The summed E-state index contributed by atoms with van der Waals surface area (Å²) < 4.78 is 26.4. The van der Waals surface area contributed by atoms with Gasteiger partial charge in [0, 0.05) is 37.6 Å². The molecule has 0 aliphatic heterocycles. The van der Waals surface area contributed by atoms with Crippen LogP contribution in [0.4, 0.5) is 5.69 Å². The summed E-state index contributed by atoms with van der Waals surface area (Å²) in [4.78, 5) is 16.1. The van der Waals surface area contributed by atoms with E-state index in [-0.39, 0.29) is 18.1 Å². The Labute approximate surface area is 142 Å². The Hall–Kier alpha value is -2.19. The quantitative estimate of drug-likeness (QED) is 0.859. The zero-order chi connectivity index (χ0) is 17.9. The van der Waals surface area contributed by atoms with E-state index in [1.165, 1.54) is 14.1 Å². The second-order valence-electron chi connectivity index (χ2n) is 5.73. The molecule has 0 aliphatic carbocycles. The normalized spacial score (nSPS) is 11.7. The molecule has 1 heterocycles. The number of hydrogen-bond donors (Lipinski definition) is 1. The van der Waals surface area contributed by atoms with Crippen molar-refractivity contribution < 1.29 is 13.2 Å². The van der Waals surface area contributed by atoms with Crippen LogP contribution in [0.15, 0.2) is 30.6 Å². The number of nitrogens with zero attached hydrogens (tertiary/aromatic N) is 3. The zero-order valence-corrected chi connectivity index (χ0v) is 15.1. The number of carbonyl (C=O) groups is 1. The second-order valence-corrected chi connectivity index (χ2v) is 8.03. The number of nitrogens with one attached hydrogen (secondary N) is 1. The molecule has 7 nitrogen and oxygen atoms in total. The Kier molecular flexibility index (Phi) is 5.40. The standard InChI is InChI=1S/C16H22N4O3S/c1-12-13(2)20(11-17-12)15-7-5-14(6-8-15)18-16(21)9-10-24(22,23)19(3)4/h5-8,11H,9-10H2,1-4H3,(H,18,21). The van der Waals surface area contributed by atoms with E-state index in [1.54, 1.807) is 18.5 Å². The predicted molar refractivity (Wildman–Crippen MR) is 93.8 cm³/mol. The van der Waals surface area contributed by atoms with Crippen LogP contribution in [0.3, 0.4) is 0 Å². The van der Waals surface area contributed by atoms with Crippen molar-refractivity contribution in [2.45, 2.75) is 20.3 Å². The highest BCUT2D eigenvalue weighted by Crippen LogP contribution is 2.17. The van der Waals surface area contributed by atoms with E-state index in [2.05, 4.69) is 10.3 Å². The molecule has 0 spiro atoms. The van der Waals surface area contributed by atoms with Crippen LogP contribution >= 0.6 is 0 Å². The highest BCUT2D eigenvalue weighted by atomic mass is 32.2. The Bertz CT molecular complexity index is 824. The van der Waals surface area contributed by atoms with Gasteiger partial charge in [-0.15, -0.1) is 0 Å². The largest absolute Gasteiger partial charge is 0.326 e. The average molecular weight is 350 g/mol. The first kappa shape index (κ1) is 18.2. The molecule has 24 heavy (non-hydrogen) atoms. The summed E-state index contributed by atoms with van der Waals surface area (Å²) in [5.41, 5.74) is 3.59. The zero-order valence-electron chi connectivity index (χ0n) is 14.3. The van der Waals surface area contributed by atoms with Crippen molar-refractivity contribution in [2.75, 3.05) is 25.2 Å². The number of imidazole rings is 1. The Morgan fingerprint density at radius 2 is 1.83 bits per heavy atom. The molecule has 0 aliphatic rings. The molecule has 0 saturated heterocycles. The molecule has 1 aromatic carbocycles. The summed E-state index contributed by atoms with van der Waals surface area (Å²) >= 11 is 0. The summed E-state index contributed by atoms with van der Waals surface area (Å²) in [6.07, 6.45) is 1.67. The first-order chi connectivity index (χ1) is 11.2. The fourth-order valence-electron chi connectivity index (χ4n) is 2.09. The molecule has 1 amide bonds. The van der Waals surface area contributed by atoms with Crippen LogP contribution in [0.1, 0.15) is 17.8 Å². The van der Waals surface area contributed by atoms with Crippen LogP contribution in [0.25, 0.3) is 5.69 Å². The summed E-state index contributed by atoms with van der Waals surface area (Å²) in [7, 11) is -0.468. The summed E-state index contributed by atoms with van der Waals surface area (Å²) in [6, 6.07) is 7.31. The van der Waals surface area contributed by atoms with Crippen molar-refractivity contribution in [1.82, 2.24) is 13.9 Å². The Morgan fingerprint density at radius 1 is 1.21 bits per heavy atom. The van der Waals surface area contributed by atoms with E-state index in [0.29, 0.717) is 5.69 Å². The molecule has 1 aromatic heterocycles. The third-order valence-corrected chi connectivity index (χ3v) is 5.66. The minimum atomic E-state index is -3.37. The van der Waals surface area contributed by atoms with Gasteiger partial charge in [-0.1, -0.05) is 0 Å². The number of hydrogen-bond acceptors (Lipinski definition) is 4. The number of carbonyl (C=O) groups excluding carboxylic acids is 1. The summed E-state index contributed by atoms with van der Waals surface area (Å²) in [6.45, 7) is 3.94. The van der Waals surface area contributed by atoms with Crippen LogP contribution < -0.4 is 5.32 Å². The predicted octanol–water partition coefficient (Wildman–Crippen LogP) is 1.71. The third-order valence-electron chi connectivity index (χ3n) is 3.82. The van der Waals surface area contributed by atoms with Gasteiger partial charge < -0.3 is 9.88 Å². The molecule has 1 N–H and O–H groups in total. The van der Waals surface area contributed by atoms with E-state index >= 15 is 0 Å². The van der Waals surface area contributed by atoms with Gasteiger partial charge in [-0.05, 0) is 38.1 Å². The lowest BCUT2D eigenvalue weighted by Crippen LogP contribution is -2.27. The lowest BCUT2D eigenvalue weighted by atomic mass is 10.2. The monoisotopic (exact) mass is 350 g/mol. The molecule has 2 aromatic rings. The lowest BCUT2D eigenvalue weighted by Gasteiger charge is -2.11. The van der Waals surface area contributed by atoms with Crippen molar-refractivity contribution in [3.05, 3.63) is 42.0 Å². The maximum atomic E-state index is 11.9. The molecule has 130 valence electrons. The van der Waals surface area contributed by atoms with Crippen molar-refractivity contribution >= 4 is 21.6 Å². The first-order valence-corrected chi connectivity index (χ1v) is 9.12. The van der Waals surface area contributed by atoms with Crippen molar-refractivity contribution in [3.63, 3.8) is 0 Å². The van der Waals surface area contributed by atoms with E-state index in [0.717, 1.165) is 21.4 Å². The van der Waals surface area contributed by atoms with E-state index in [1.807, 2.05) is 30.5 Å². The van der Waals surface area contributed by atoms with E-state index in [4.69, 9.17) is 0 Å². The van der Waals surface area contributed by atoms with E-state index < -0.39 is 10.0 Å². The molecular formula is C16H22N4O3S. The summed E-state index contributed by atoms with van der Waals surface area (Å²) in [5.74, 6) is -0.542. The molecule has 0 bridgehead atoms. The maximum absolute atomic E-state index is 11.9. The van der Waals surface area contributed by atoms with Crippen molar-refractivity contribution in [2.24, 2.45) is 0 Å². The smallest absolute Gasteiger partial charge is 0.225 e. The Balaban J connectivity index is 1.99. The number of anilines is 1. The summed E-state index contributed by atoms with van der Waals surface area (Å²) in [5, 5.41) is 2.71. The highest BCUT2D eigenvalue weighted by Gasteiger charge is 2.15. The minimum Gasteiger partial charge on any atom is -0.326 e. The van der Waals surface area contributed by atoms with Crippen LogP contribution in [0.5, 0.6) is 0 Å². The maximum Gasteiger partial charge on any atom is 0.225 e. The van der Waals surface area contributed by atoms with Gasteiger partial charge in [0.15, 0.2) is 0 Å². The van der Waals surface area contributed by atoms with Gasteiger partial charge in [0.2, 0.25) is 15.9 Å². The number of rotatable bonds is 6. The van der Waals surface area contributed by atoms with Crippen LogP contribution in [-0.2, 0) is 14.8 Å². The SMILES string of the molecule is Cc1ncn(-c2ccc(NC(=O)CCS(=O)(=O)N(C)C)cc2)c1C. The topological polar surface area (TPSA) is 84.3 Å². The molecule has 0 saturated carbocycles. The van der Waals surface area contributed by atoms with Crippen LogP contribution in [0.2, 0.25) is 0 Å².